The summed E-state index contributed by atoms with van der Waals surface area (Å²) < 4.78 is 11.5. The SMILES string of the molecule is O=C1CN(CCCF)C1. The second-order valence-electron chi connectivity index (χ2n) is 2.29. The zero-order valence-corrected chi connectivity index (χ0v) is 5.27. The van der Waals surface area contributed by atoms with Gasteiger partial charge in [-0.05, 0) is 6.42 Å². The number of hydrogen-bond acceptors (Lipinski definition) is 2. The van der Waals surface area contributed by atoms with Gasteiger partial charge in [0.1, 0.15) is 0 Å². The first kappa shape index (κ1) is 6.68. The molecule has 52 valence electrons. The van der Waals surface area contributed by atoms with E-state index in [9.17, 15) is 9.18 Å². The van der Waals surface area contributed by atoms with Gasteiger partial charge in [-0.15, -0.1) is 0 Å². The van der Waals surface area contributed by atoms with E-state index in [1.807, 2.05) is 4.90 Å². The summed E-state index contributed by atoms with van der Waals surface area (Å²) in [5.74, 6) is 0.272. The van der Waals surface area contributed by atoms with E-state index >= 15 is 0 Å². The van der Waals surface area contributed by atoms with Crippen LogP contribution in [0.1, 0.15) is 6.42 Å². The molecule has 0 saturated carbocycles. The molecule has 0 bridgehead atoms. The van der Waals surface area contributed by atoms with Crippen molar-refractivity contribution in [3.8, 4) is 0 Å². The van der Waals surface area contributed by atoms with Gasteiger partial charge in [0.2, 0.25) is 0 Å². The fraction of sp³-hybridized carbons (Fsp3) is 0.833. The monoisotopic (exact) mass is 131 g/mol. The molecule has 9 heavy (non-hydrogen) atoms. The zero-order chi connectivity index (χ0) is 6.69. The average Bonchev–Trinajstić information content (AvgIpc) is 1.78. The highest BCUT2D eigenvalue weighted by Crippen LogP contribution is 2.01. The lowest BCUT2D eigenvalue weighted by Crippen LogP contribution is -2.47. The Balaban J connectivity index is 1.97. The summed E-state index contributed by atoms with van der Waals surface area (Å²) in [7, 11) is 0. The number of hydrogen-bond donors (Lipinski definition) is 0. The summed E-state index contributed by atoms with van der Waals surface area (Å²) in [4.78, 5) is 12.3. The minimum atomic E-state index is -0.273. The molecule has 0 N–H and O–H groups in total. The first-order valence-corrected chi connectivity index (χ1v) is 3.13. The van der Waals surface area contributed by atoms with E-state index in [-0.39, 0.29) is 12.5 Å². The Kier molecular flexibility index (Phi) is 2.16. The van der Waals surface area contributed by atoms with Crippen LogP contribution < -0.4 is 0 Å². The molecule has 1 rings (SSSR count). The molecule has 0 atom stereocenters. The molecule has 0 unspecified atom stereocenters. The van der Waals surface area contributed by atoms with Gasteiger partial charge in [-0.3, -0.25) is 14.1 Å². The van der Waals surface area contributed by atoms with Gasteiger partial charge in [0.05, 0.1) is 19.8 Å². The van der Waals surface area contributed by atoms with Crippen LogP contribution in [0.25, 0.3) is 0 Å². The molecular weight excluding hydrogens is 121 g/mol. The molecule has 3 heteroatoms. The van der Waals surface area contributed by atoms with Gasteiger partial charge in [0, 0.05) is 6.54 Å². The quantitative estimate of drug-likeness (QED) is 0.546. The summed E-state index contributed by atoms with van der Waals surface area (Å²) in [6, 6.07) is 0. The molecule has 0 aromatic carbocycles. The molecule has 0 aliphatic carbocycles. The highest BCUT2D eigenvalue weighted by atomic mass is 19.1. The first-order chi connectivity index (χ1) is 4.33. The number of rotatable bonds is 3. The molecule has 0 amide bonds. The van der Waals surface area contributed by atoms with E-state index in [2.05, 4.69) is 0 Å². The summed E-state index contributed by atoms with van der Waals surface area (Å²) in [5.41, 5.74) is 0. The number of nitrogens with zero attached hydrogens (tertiary/aromatic N) is 1. The highest BCUT2D eigenvalue weighted by Gasteiger charge is 2.21. The van der Waals surface area contributed by atoms with Crippen LogP contribution in [0.4, 0.5) is 4.39 Å². The van der Waals surface area contributed by atoms with Crippen molar-refractivity contribution >= 4 is 5.78 Å². The van der Waals surface area contributed by atoms with Crippen LogP contribution in [0.2, 0.25) is 0 Å². The smallest absolute Gasteiger partial charge is 0.160 e. The third-order valence-electron chi connectivity index (χ3n) is 1.41. The van der Waals surface area contributed by atoms with Gasteiger partial charge in [-0.2, -0.15) is 0 Å². The minimum Gasteiger partial charge on any atom is -0.297 e. The fourth-order valence-electron chi connectivity index (χ4n) is 0.894. The molecule has 1 aliphatic rings. The fourth-order valence-corrected chi connectivity index (χ4v) is 0.894. The third kappa shape index (κ3) is 1.75. The summed E-state index contributed by atoms with van der Waals surface area (Å²) in [5, 5.41) is 0. The van der Waals surface area contributed by atoms with Gasteiger partial charge in [-0.25, -0.2) is 0 Å². The minimum absolute atomic E-state index is 0.272. The van der Waals surface area contributed by atoms with E-state index in [1.54, 1.807) is 0 Å². The van der Waals surface area contributed by atoms with Gasteiger partial charge in [0.25, 0.3) is 0 Å². The van der Waals surface area contributed by atoms with Crippen LogP contribution in [-0.4, -0.2) is 37.0 Å². The Bertz CT molecular complexity index is 108. The van der Waals surface area contributed by atoms with Crippen molar-refractivity contribution in [3.63, 3.8) is 0 Å². The Morgan fingerprint density at radius 2 is 2.22 bits per heavy atom. The molecule has 1 saturated heterocycles. The van der Waals surface area contributed by atoms with Crippen molar-refractivity contribution < 1.29 is 9.18 Å². The Hall–Kier alpha value is -0.440. The Morgan fingerprint density at radius 3 is 2.67 bits per heavy atom. The third-order valence-corrected chi connectivity index (χ3v) is 1.41. The van der Waals surface area contributed by atoms with E-state index in [0.29, 0.717) is 19.5 Å². The van der Waals surface area contributed by atoms with Crippen molar-refractivity contribution in [2.45, 2.75) is 6.42 Å². The zero-order valence-electron chi connectivity index (χ0n) is 5.27. The molecule has 1 aliphatic heterocycles. The molecule has 0 radical (unpaired) electrons. The van der Waals surface area contributed by atoms with Crippen LogP contribution in [0.3, 0.4) is 0 Å². The largest absolute Gasteiger partial charge is 0.297 e. The molecule has 0 spiro atoms. The predicted molar refractivity (Wildman–Crippen MR) is 32.0 cm³/mol. The number of Topliss-reactive ketones (excluding diaryl/α,β-unsaturated/α-hetero) is 1. The number of likely N-dealkylation sites (tertiary alicyclic amines) is 1. The van der Waals surface area contributed by atoms with Crippen LogP contribution in [0, 0.1) is 0 Å². The van der Waals surface area contributed by atoms with Crippen molar-refractivity contribution in [1.29, 1.82) is 0 Å². The van der Waals surface area contributed by atoms with Gasteiger partial charge in [-0.1, -0.05) is 0 Å². The van der Waals surface area contributed by atoms with Gasteiger partial charge >= 0.3 is 0 Å². The summed E-state index contributed by atoms with van der Waals surface area (Å²) >= 11 is 0. The van der Waals surface area contributed by atoms with Gasteiger partial charge < -0.3 is 0 Å². The van der Waals surface area contributed by atoms with Crippen molar-refractivity contribution in [1.82, 2.24) is 4.90 Å². The van der Waals surface area contributed by atoms with Crippen LogP contribution in [0.5, 0.6) is 0 Å². The number of halogens is 1. The summed E-state index contributed by atoms with van der Waals surface area (Å²) in [6.45, 7) is 1.55. The standard InChI is InChI=1S/C6H10FNO/c7-2-1-3-8-4-6(9)5-8/h1-5H2. The topological polar surface area (TPSA) is 20.3 Å². The second kappa shape index (κ2) is 2.92. The van der Waals surface area contributed by atoms with E-state index in [0.717, 1.165) is 6.54 Å². The maximum Gasteiger partial charge on any atom is 0.160 e. The average molecular weight is 131 g/mol. The van der Waals surface area contributed by atoms with Crippen molar-refractivity contribution in [3.05, 3.63) is 0 Å². The lowest BCUT2D eigenvalue weighted by Gasteiger charge is -2.28. The molecular formula is C6H10FNO. The van der Waals surface area contributed by atoms with Gasteiger partial charge in [0.15, 0.2) is 5.78 Å². The molecule has 0 aromatic rings. The Morgan fingerprint density at radius 1 is 1.56 bits per heavy atom. The first-order valence-electron chi connectivity index (χ1n) is 3.13. The highest BCUT2D eigenvalue weighted by molar-refractivity contribution is 5.87. The molecule has 0 aromatic heterocycles. The number of ketones is 1. The van der Waals surface area contributed by atoms with Crippen LogP contribution in [0.15, 0.2) is 0 Å². The maximum atomic E-state index is 11.5. The lowest BCUT2D eigenvalue weighted by atomic mass is 10.2. The summed E-state index contributed by atoms with van der Waals surface area (Å²) in [6.07, 6.45) is 0.563. The van der Waals surface area contributed by atoms with E-state index in [1.165, 1.54) is 0 Å². The van der Waals surface area contributed by atoms with Crippen molar-refractivity contribution in [2.24, 2.45) is 0 Å². The van der Waals surface area contributed by atoms with Crippen molar-refractivity contribution in [2.75, 3.05) is 26.3 Å². The number of alkyl halides is 1. The predicted octanol–water partition coefficient (Wildman–Crippen LogP) is 0.231. The second-order valence-corrected chi connectivity index (χ2v) is 2.29. The maximum absolute atomic E-state index is 11.5. The van der Waals surface area contributed by atoms with E-state index < -0.39 is 0 Å². The number of carbonyl (C=O) groups is 1. The molecule has 2 nitrogen and oxygen atoms in total. The van der Waals surface area contributed by atoms with Crippen LogP contribution in [-0.2, 0) is 4.79 Å². The lowest BCUT2D eigenvalue weighted by molar-refractivity contribution is -0.129. The number of carbonyl (C=O) groups excluding carboxylic acids is 1. The van der Waals surface area contributed by atoms with Crippen LogP contribution >= 0.6 is 0 Å². The van der Waals surface area contributed by atoms with E-state index in [4.69, 9.17) is 0 Å². The molecule has 1 heterocycles. The molecule has 1 fully saturated rings. The normalized spacial score (nSPS) is 19.9. The Labute approximate surface area is 53.6 Å².